The van der Waals surface area contributed by atoms with Crippen LogP contribution in [0.15, 0.2) is 61.4 Å². The van der Waals surface area contributed by atoms with Crippen LogP contribution in [0.2, 0.25) is 0 Å². The second kappa shape index (κ2) is 12.6. The second-order valence-corrected chi connectivity index (χ2v) is 27.2. The van der Waals surface area contributed by atoms with Crippen LogP contribution in [0, 0.1) is 45.3 Å². The standard InChI is InChI=1S/C44H61N4P3/c1-39(2,3)41-17-30-15-31(18-41)22-43(21-30,28-41)49-38(50-44-23-32-16-33(24-44)20-42(19-32,29-44)40(4,5)6)35-10-8-7-9-34(35)27-51(36-25-45-11-13-47-36)37-26-46-12-14-48-37/h7-14,25-26,30-33,38,49-50H,15-24,27-29H2,1-6H3. The topological polar surface area (TPSA) is 51.6 Å². The van der Waals surface area contributed by atoms with Crippen LogP contribution < -0.4 is 10.9 Å². The molecule has 6 unspecified atom stereocenters. The van der Waals surface area contributed by atoms with Gasteiger partial charge >= 0.3 is 0 Å². The summed E-state index contributed by atoms with van der Waals surface area (Å²) in [7, 11) is 1.24. The largest absolute Gasteiger partial charge is 0.261 e. The van der Waals surface area contributed by atoms with E-state index in [1.54, 1.807) is 18.0 Å². The van der Waals surface area contributed by atoms with Crippen molar-refractivity contribution in [3.63, 3.8) is 0 Å². The average molecular weight is 739 g/mol. The SMILES string of the molecule is CC(C)(C)C12CC3CC(CC(PC(PC45CC6CC(C4)CC(C(C)(C)C)(C6)C5)c4ccccc4CP(c4cnccn4)c4cnccn4)(C3)C1)C2. The summed E-state index contributed by atoms with van der Waals surface area (Å²) in [4.78, 5) is 18.8. The van der Waals surface area contributed by atoms with E-state index in [0.717, 1.165) is 57.9 Å². The minimum absolute atomic E-state index is 0.387. The van der Waals surface area contributed by atoms with Gasteiger partial charge in [-0.2, -0.15) is 0 Å². The quantitative estimate of drug-likeness (QED) is 0.205. The first-order chi connectivity index (χ1) is 24.3. The summed E-state index contributed by atoms with van der Waals surface area (Å²) in [5.41, 5.74) is 7.17. The van der Waals surface area contributed by atoms with E-state index >= 15 is 0 Å². The fraction of sp³-hybridized carbons (Fsp3) is 0.682. The lowest BCUT2D eigenvalue weighted by Gasteiger charge is -2.68. The molecule has 0 spiro atoms. The molecule has 2 aromatic heterocycles. The molecule has 272 valence electrons. The zero-order valence-electron chi connectivity index (χ0n) is 32.1. The molecule has 4 nitrogen and oxygen atoms in total. The van der Waals surface area contributed by atoms with E-state index < -0.39 is 7.92 Å². The summed E-state index contributed by atoms with van der Waals surface area (Å²) in [5.74, 6) is 3.79. The molecular formula is C44H61N4P3. The van der Waals surface area contributed by atoms with Gasteiger partial charge in [-0.1, -0.05) is 65.8 Å². The molecule has 7 heteroatoms. The molecule has 8 aliphatic rings. The van der Waals surface area contributed by atoms with Crippen molar-refractivity contribution in [3.05, 3.63) is 72.6 Å². The minimum Gasteiger partial charge on any atom is -0.261 e. The third kappa shape index (κ3) is 6.30. The lowest BCUT2D eigenvalue weighted by atomic mass is 9.43. The Bertz CT molecular complexity index is 1600. The Morgan fingerprint density at radius 3 is 1.51 bits per heavy atom. The third-order valence-electron chi connectivity index (χ3n) is 15.6. The zero-order valence-corrected chi connectivity index (χ0v) is 35.0. The first-order valence-corrected chi connectivity index (χ1v) is 23.9. The van der Waals surface area contributed by atoms with Gasteiger partial charge in [0.2, 0.25) is 0 Å². The number of hydrogen-bond acceptors (Lipinski definition) is 4. The maximum absolute atomic E-state index is 4.88. The summed E-state index contributed by atoms with van der Waals surface area (Å²) in [6.07, 6.45) is 30.2. The van der Waals surface area contributed by atoms with E-state index in [4.69, 9.17) is 9.97 Å². The van der Waals surface area contributed by atoms with Gasteiger partial charge in [0.25, 0.3) is 0 Å². The summed E-state index contributed by atoms with van der Waals surface area (Å²) in [5, 5.41) is 1.70. The van der Waals surface area contributed by atoms with Gasteiger partial charge in [-0.15, -0.1) is 17.2 Å². The van der Waals surface area contributed by atoms with E-state index in [1.807, 2.05) is 24.8 Å². The second-order valence-electron chi connectivity index (χ2n) is 20.7. The van der Waals surface area contributed by atoms with Gasteiger partial charge < -0.3 is 0 Å². The first-order valence-electron chi connectivity index (χ1n) is 20.2. The van der Waals surface area contributed by atoms with Crippen LogP contribution in [-0.4, -0.2) is 30.2 Å². The summed E-state index contributed by atoms with van der Waals surface area (Å²) >= 11 is 0. The average Bonchev–Trinajstić information content (AvgIpc) is 3.05. The maximum Gasteiger partial charge on any atom is 0.0877 e. The molecule has 3 aromatic rings. The van der Waals surface area contributed by atoms with Gasteiger partial charge in [-0.25, -0.2) is 0 Å². The summed E-state index contributed by atoms with van der Waals surface area (Å²) in [6.45, 7) is 15.5. The highest BCUT2D eigenvalue weighted by Gasteiger charge is 2.64. The molecule has 0 amide bonds. The highest BCUT2D eigenvalue weighted by Crippen LogP contribution is 2.78. The first kappa shape index (κ1) is 35.4. The Labute approximate surface area is 313 Å². The predicted octanol–water partition coefficient (Wildman–Crippen LogP) is 11.0. The van der Waals surface area contributed by atoms with Crippen molar-refractivity contribution >= 4 is 36.0 Å². The number of nitrogens with zero attached hydrogens (tertiary/aromatic N) is 4. The molecule has 6 atom stereocenters. The van der Waals surface area contributed by atoms with Gasteiger partial charge in [-0.05, 0) is 144 Å². The predicted molar refractivity (Wildman–Crippen MR) is 218 cm³/mol. The van der Waals surface area contributed by atoms with Crippen molar-refractivity contribution in [3.8, 4) is 0 Å². The van der Waals surface area contributed by atoms with E-state index in [9.17, 15) is 0 Å². The Morgan fingerprint density at radius 2 is 1.10 bits per heavy atom. The smallest absolute Gasteiger partial charge is 0.0877 e. The zero-order chi connectivity index (χ0) is 35.3. The van der Waals surface area contributed by atoms with Crippen molar-refractivity contribution in [1.29, 1.82) is 0 Å². The molecule has 8 saturated carbocycles. The highest BCUT2D eigenvalue weighted by atomic mass is 31.1. The number of rotatable bonds is 9. The Morgan fingerprint density at radius 1 is 0.647 bits per heavy atom. The molecule has 0 radical (unpaired) electrons. The summed E-state index contributed by atoms with van der Waals surface area (Å²) < 4.78 is 0. The van der Waals surface area contributed by atoms with Crippen molar-refractivity contribution in [2.45, 2.75) is 140 Å². The van der Waals surface area contributed by atoms with Gasteiger partial charge in [0.05, 0.1) is 23.3 Å². The molecule has 0 aliphatic heterocycles. The lowest BCUT2D eigenvalue weighted by Crippen LogP contribution is -2.58. The molecule has 2 heterocycles. The van der Waals surface area contributed by atoms with Gasteiger partial charge in [-0.3, -0.25) is 19.9 Å². The van der Waals surface area contributed by atoms with Crippen molar-refractivity contribution in [2.75, 3.05) is 0 Å². The Balaban J connectivity index is 1.12. The molecule has 0 saturated heterocycles. The Kier molecular flexibility index (Phi) is 8.74. The fourth-order valence-electron chi connectivity index (χ4n) is 13.7. The van der Waals surface area contributed by atoms with E-state index in [0.29, 0.717) is 37.4 Å². The molecule has 1 aromatic carbocycles. The molecule has 11 rings (SSSR count). The third-order valence-corrected chi connectivity index (χ3v) is 22.2. The van der Waals surface area contributed by atoms with E-state index in [2.05, 4.69) is 75.8 Å². The van der Waals surface area contributed by atoms with Crippen LogP contribution in [0.5, 0.6) is 0 Å². The van der Waals surface area contributed by atoms with Crippen LogP contribution in [0.3, 0.4) is 0 Å². The molecule has 0 N–H and O–H groups in total. The molecule has 8 aliphatic carbocycles. The molecule has 51 heavy (non-hydrogen) atoms. The van der Waals surface area contributed by atoms with Crippen LogP contribution in [0.4, 0.5) is 0 Å². The van der Waals surface area contributed by atoms with Crippen LogP contribution in [0.25, 0.3) is 0 Å². The van der Waals surface area contributed by atoms with Gasteiger partial charge in [0.1, 0.15) is 0 Å². The Hall–Kier alpha value is -1.33. The fourth-order valence-corrected chi connectivity index (χ4v) is 22.4. The monoisotopic (exact) mass is 738 g/mol. The van der Waals surface area contributed by atoms with Crippen LogP contribution >= 0.6 is 25.1 Å². The number of hydrogen-bond donors (Lipinski definition) is 0. The van der Waals surface area contributed by atoms with Crippen LogP contribution in [0.1, 0.15) is 135 Å². The maximum atomic E-state index is 4.88. The van der Waals surface area contributed by atoms with Crippen molar-refractivity contribution < 1.29 is 0 Å². The van der Waals surface area contributed by atoms with Crippen molar-refractivity contribution in [1.82, 2.24) is 19.9 Å². The highest BCUT2D eigenvalue weighted by molar-refractivity contribution is 7.71. The molecule has 8 fully saturated rings. The molecule has 8 bridgehead atoms. The van der Waals surface area contributed by atoms with Gasteiger partial charge in [0.15, 0.2) is 0 Å². The van der Waals surface area contributed by atoms with E-state index in [-0.39, 0.29) is 0 Å². The minimum atomic E-state index is -0.821. The number of benzene rings is 1. The van der Waals surface area contributed by atoms with Gasteiger partial charge in [0, 0.05) is 44.3 Å². The molecular weight excluding hydrogens is 677 g/mol. The lowest BCUT2D eigenvalue weighted by molar-refractivity contribution is -0.103. The number of aromatic nitrogens is 4. The van der Waals surface area contributed by atoms with Crippen molar-refractivity contribution in [2.24, 2.45) is 45.3 Å². The normalized spacial score (nSPS) is 37.8. The summed E-state index contributed by atoms with van der Waals surface area (Å²) in [6, 6.07) is 9.74. The van der Waals surface area contributed by atoms with E-state index in [1.165, 1.54) is 82.6 Å². The van der Waals surface area contributed by atoms with Crippen LogP contribution in [-0.2, 0) is 6.16 Å².